The fraction of sp³-hybridized carbons (Fsp3) is 0. The van der Waals surface area contributed by atoms with E-state index in [1.807, 2.05) is 48.5 Å². The van der Waals surface area contributed by atoms with Crippen LogP contribution in [0, 0.1) is 0 Å². The maximum absolute atomic E-state index is 5.91. The van der Waals surface area contributed by atoms with Gasteiger partial charge < -0.3 is 0 Å². The number of rotatable bonds is 2. The summed E-state index contributed by atoms with van der Waals surface area (Å²) in [5.74, 6) is 0. The molecule has 0 unspecified atom stereocenters. The van der Waals surface area contributed by atoms with Crippen LogP contribution in [0.2, 0.25) is 10.0 Å². The number of benzene rings is 2. The summed E-state index contributed by atoms with van der Waals surface area (Å²) in [6.45, 7) is 0. The van der Waals surface area contributed by atoms with Crippen LogP contribution in [0.5, 0.6) is 0 Å². The monoisotopic (exact) mass is 336 g/mol. The molecule has 3 rings (SSSR count). The highest BCUT2D eigenvalue weighted by Gasteiger charge is 2.10. The molecule has 0 saturated heterocycles. The van der Waals surface area contributed by atoms with Gasteiger partial charge in [-0.25, -0.2) is 0 Å². The lowest BCUT2D eigenvalue weighted by atomic mass is 10.2. The van der Waals surface area contributed by atoms with Crippen molar-refractivity contribution in [1.29, 1.82) is 0 Å². The third-order valence-corrected chi connectivity index (χ3v) is 5.57. The second kappa shape index (κ2) is 6.31. The summed E-state index contributed by atoms with van der Waals surface area (Å²) in [5.41, 5.74) is 2.39. The van der Waals surface area contributed by atoms with Crippen molar-refractivity contribution in [1.82, 2.24) is 0 Å². The molecule has 0 nitrogen and oxygen atoms in total. The van der Waals surface area contributed by atoms with Crippen molar-refractivity contribution in [3.8, 4) is 0 Å². The SMILES string of the molecule is Clc1ccc(C2=CSC(c3ccc(Cl)cc3)=CS2)cc1. The Morgan fingerprint density at radius 1 is 0.550 bits per heavy atom. The summed E-state index contributed by atoms with van der Waals surface area (Å²) in [6, 6.07) is 15.9. The quantitative estimate of drug-likeness (QED) is 0.593. The van der Waals surface area contributed by atoms with Crippen LogP contribution in [-0.4, -0.2) is 0 Å². The maximum Gasteiger partial charge on any atom is 0.0406 e. The van der Waals surface area contributed by atoms with E-state index < -0.39 is 0 Å². The highest BCUT2D eigenvalue weighted by atomic mass is 35.5. The fourth-order valence-electron chi connectivity index (χ4n) is 1.79. The molecular weight excluding hydrogens is 327 g/mol. The number of hydrogen-bond acceptors (Lipinski definition) is 2. The van der Waals surface area contributed by atoms with E-state index in [1.165, 1.54) is 20.9 Å². The van der Waals surface area contributed by atoms with Crippen LogP contribution >= 0.6 is 46.7 Å². The van der Waals surface area contributed by atoms with Crippen molar-refractivity contribution in [2.24, 2.45) is 0 Å². The van der Waals surface area contributed by atoms with Crippen LogP contribution in [0.25, 0.3) is 9.81 Å². The van der Waals surface area contributed by atoms with Crippen LogP contribution in [0.4, 0.5) is 0 Å². The zero-order valence-corrected chi connectivity index (χ0v) is 13.5. The van der Waals surface area contributed by atoms with Crippen molar-refractivity contribution in [3.63, 3.8) is 0 Å². The Kier molecular flexibility index (Phi) is 4.47. The normalized spacial score (nSPS) is 14.7. The van der Waals surface area contributed by atoms with E-state index in [0.29, 0.717) is 0 Å². The molecular formula is C16H10Cl2S2. The smallest absolute Gasteiger partial charge is 0.0406 e. The van der Waals surface area contributed by atoms with Gasteiger partial charge in [0.1, 0.15) is 0 Å². The highest BCUT2D eigenvalue weighted by Crippen LogP contribution is 2.43. The molecule has 0 aliphatic carbocycles. The fourth-order valence-corrected chi connectivity index (χ4v) is 4.06. The molecule has 100 valence electrons. The molecule has 0 saturated carbocycles. The van der Waals surface area contributed by atoms with Gasteiger partial charge in [-0.2, -0.15) is 0 Å². The van der Waals surface area contributed by atoms with Crippen molar-refractivity contribution in [2.75, 3.05) is 0 Å². The van der Waals surface area contributed by atoms with Gasteiger partial charge in [-0.15, -0.1) is 0 Å². The van der Waals surface area contributed by atoms with Crippen molar-refractivity contribution >= 4 is 56.5 Å². The van der Waals surface area contributed by atoms with E-state index in [1.54, 1.807) is 23.5 Å². The Hall–Kier alpha value is -0.800. The Bertz CT molecular complexity index is 609. The van der Waals surface area contributed by atoms with Gasteiger partial charge in [0.15, 0.2) is 0 Å². The molecule has 0 bridgehead atoms. The Balaban J connectivity index is 1.77. The number of halogens is 2. The summed E-state index contributed by atoms with van der Waals surface area (Å²) in [5, 5.41) is 5.88. The lowest BCUT2D eigenvalue weighted by Gasteiger charge is -2.13. The van der Waals surface area contributed by atoms with E-state index in [2.05, 4.69) is 10.8 Å². The topological polar surface area (TPSA) is 0 Å². The maximum atomic E-state index is 5.91. The highest BCUT2D eigenvalue weighted by molar-refractivity contribution is 8.18. The molecule has 1 aliphatic rings. The van der Waals surface area contributed by atoms with Gasteiger partial charge in [0, 0.05) is 19.9 Å². The third kappa shape index (κ3) is 3.26. The summed E-state index contributed by atoms with van der Waals surface area (Å²) >= 11 is 15.3. The van der Waals surface area contributed by atoms with Crippen LogP contribution in [0.1, 0.15) is 11.1 Å². The van der Waals surface area contributed by atoms with E-state index in [0.717, 1.165) is 10.0 Å². The Labute approximate surface area is 136 Å². The lowest BCUT2D eigenvalue weighted by Crippen LogP contribution is -1.84. The Morgan fingerprint density at radius 2 is 0.900 bits per heavy atom. The predicted molar refractivity (Wildman–Crippen MR) is 94.0 cm³/mol. The molecule has 1 aliphatic heterocycles. The molecule has 0 amide bonds. The van der Waals surface area contributed by atoms with Crippen molar-refractivity contribution in [2.45, 2.75) is 0 Å². The van der Waals surface area contributed by atoms with Gasteiger partial charge in [0.05, 0.1) is 0 Å². The molecule has 4 heteroatoms. The minimum Gasteiger partial charge on any atom is -0.0957 e. The second-order valence-corrected chi connectivity index (χ2v) is 6.91. The zero-order chi connectivity index (χ0) is 13.9. The van der Waals surface area contributed by atoms with Gasteiger partial charge in [-0.05, 0) is 46.2 Å². The molecule has 0 aromatic heterocycles. The lowest BCUT2D eigenvalue weighted by molar-refractivity contribution is 1.65. The molecule has 0 radical (unpaired) electrons. The molecule has 2 aromatic rings. The molecule has 1 heterocycles. The summed E-state index contributed by atoms with van der Waals surface area (Å²) in [7, 11) is 0. The number of hydrogen-bond donors (Lipinski definition) is 0. The summed E-state index contributed by atoms with van der Waals surface area (Å²) in [4.78, 5) is 2.48. The number of thioether (sulfide) groups is 2. The largest absolute Gasteiger partial charge is 0.0957 e. The minimum atomic E-state index is 0.764. The average molecular weight is 337 g/mol. The third-order valence-electron chi connectivity index (χ3n) is 2.84. The van der Waals surface area contributed by atoms with Crippen LogP contribution in [-0.2, 0) is 0 Å². The summed E-state index contributed by atoms with van der Waals surface area (Å²) < 4.78 is 0. The molecule has 0 N–H and O–H groups in total. The van der Waals surface area contributed by atoms with E-state index in [4.69, 9.17) is 23.2 Å². The van der Waals surface area contributed by atoms with Crippen LogP contribution in [0.3, 0.4) is 0 Å². The molecule has 0 atom stereocenters. The first-order valence-corrected chi connectivity index (χ1v) is 8.49. The van der Waals surface area contributed by atoms with Crippen molar-refractivity contribution in [3.05, 3.63) is 80.5 Å². The standard InChI is InChI=1S/C16H10Cl2S2/c17-13-5-1-11(2-6-13)15-9-20-16(10-19-15)12-3-7-14(18)8-4-12/h1-10H. The van der Waals surface area contributed by atoms with E-state index >= 15 is 0 Å². The van der Waals surface area contributed by atoms with Crippen LogP contribution in [0.15, 0.2) is 59.3 Å². The Morgan fingerprint density at radius 3 is 1.20 bits per heavy atom. The van der Waals surface area contributed by atoms with Gasteiger partial charge >= 0.3 is 0 Å². The second-order valence-electron chi connectivity index (χ2n) is 4.21. The van der Waals surface area contributed by atoms with Gasteiger partial charge in [-0.1, -0.05) is 71.0 Å². The van der Waals surface area contributed by atoms with Gasteiger partial charge in [0.2, 0.25) is 0 Å². The first kappa shape index (κ1) is 14.2. The first-order chi connectivity index (χ1) is 9.72. The van der Waals surface area contributed by atoms with Gasteiger partial charge in [-0.3, -0.25) is 0 Å². The van der Waals surface area contributed by atoms with Crippen molar-refractivity contribution < 1.29 is 0 Å². The molecule has 0 spiro atoms. The van der Waals surface area contributed by atoms with Gasteiger partial charge in [0.25, 0.3) is 0 Å². The zero-order valence-electron chi connectivity index (χ0n) is 10.3. The molecule has 20 heavy (non-hydrogen) atoms. The molecule has 2 aromatic carbocycles. The van der Waals surface area contributed by atoms with E-state index in [-0.39, 0.29) is 0 Å². The first-order valence-electron chi connectivity index (χ1n) is 5.98. The average Bonchev–Trinajstić information content (AvgIpc) is 2.49. The molecule has 0 fully saturated rings. The minimum absolute atomic E-state index is 0.764. The van der Waals surface area contributed by atoms with E-state index in [9.17, 15) is 0 Å². The predicted octanol–water partition coefficient (Wildman–Crippen LogP) is 6.77. The summed E-state index contributed by atoms with van der Waals surface area (Å²) in [6.07, 6.45) is 0. The van der Waals surface area contributed by atoms with Crippen LogP contribution < -0.4 is 0 Å².